The first-order chi connectivity index (χ1) is 10.1. The molecule has 0 aliphatic rings. The van der Waals surface area contributed by atoms with E-state index in [9.17, 15) is 5.11 Å². The Kier molecular flexibility index (Phi) is 4.94. The van der Waals surface area contributed by atoms with Gasteiger partial charge in [0.25, 0.3) is 0 Å². The van der Waals surface area contributed by atoms with Gasteiger partial charge in [0.1, 0.15) is 23.4 Å². The summed E-state index contributed by atoms with van der Waals surface area (Å²) in [7, 11) is 4.66. The summed E-state index contributed by atoms with van der Waals surface area (Å²) in [6, 6.07) is 10.3. The molecule has 1 unspecified atom stereocenters. The van der Waals surface area contributed by atoms with Gasteiger partial charge in [-0.1, -0.05) is 11.6 Å². The summed E-state index contributed by atoms with van der Waals surface area (Å²) >= 11 is 6.01. The van der Waals surface area contributed by atoms with Crippen molar-refractivity contribution in [2.45, 2.75) is 6.10 Å². The SMILES string of the molecule is COc1ccc(OC)c(C(O)c2cc(Cl)ccc2OC)c1. The molecular weight excluding hydrogens is 292 g/mol. The lowest BCUT2D eigenvalue weighted by atomic mass is 9.99. The van der Waals surface area contributed by atoms with Crippen LogP contribution in [-0.2, 0) is 0 Å². The highest BCUT2D eigenvalue weighted by atomic mass is 35.5. The Bertz CT molecular complexity index is 628. The number of aliphatic hydroxyl groups is 1. The van der Waals surface area contributed by atoms with E-state index in [0.29, 0.717) is 33.4 Å². The van der Waals surface area contributed by atoms with Gasteiger partial charge in [-0.05, 0) is 36.4 Å². The quantitative estimate of drug-likeness (QED) is 0.919. The van der Waals surface area contributed by atoms with Crippen molar-refractivity contribution in [3.8, 4) is 17.2 Å². The van der Waals surface area contributed by atoms with Crippen molar-refractivity contribution in [1.82, 2.24) is 0 Å². The summed E-state index contributed by atoms with van der Waals surface area (Å²) in [6.07, 6.45) is -0.941. The van der Waals surface area contributed by atoms with Crippen LogP contribution in [0.5, 0.6) is 17.2 Å². The average molecular weight is 309 g/mol. The molecule has 0 aromatic heterocycles. The van der Waals surface area contributed by atoms with Crippen LogP contribution in [0.3, 0.4) is 0 Å². The van der Waals surface area contributed by atoms with E-state index in [4.69, 9.17) is 25.8 Å². The molecule has 0 saturated carbocycles. The van der Waals surface area contributed by atoms with E-state index in [0.717, 1.165) is 0 Å². The number of halogens is 1. The van der Waals surface area contributed by atoms with Gasteiger partial charge >= 0.3 is 0 Å². The minimum Gasteiger partial charge on any atom is -0.497 e. The van der Waals surface area contributed by atoms with Crippen LogP contribution in [0.25, 0.3) is 0 Å². The van der Waals surface area contributed by atoms with Gasteiger partial charge in [0.05, 0.1) is 21.3 Å². The standard InChI is InChI=1S/C16H17ClO4/c1-19-11-5-7-15(21-3)13(9-11)16(18)12-8-10(17)4-6-14(12)20-2/h4-9,16,18H,1-3H3. The largest absolute Gasteiger partial charge is 0.497 e. The summed E-state index contributed by atoms with van der Waals surface area (Å²) in [4.78, 5) is 0. The molecule has 2 aromatic rings. The zero-order valence-corrected chi connectivity index (χ0v) is 12.8. The molecule has 0 fully saturated rings. The molecule has 1 atom stereocenters. The summed E-state index contributed by atoms with van der Waals surface area (Å²) < 4.78 is 15.8. The third-order valence-electron chi connectivity index (χ3n) is 3.22. The molecule has 0 saturated heterocycles. The third kappa shape index (κ3) is 3.23. The van der Waals surface area contributed by atoms with Crippen LogP contribution in [0.15, 0.2) is 36.4 Å². The van der Waals surface area contributed by atoms with Crippen LogP contribution in [0.2, 0.25) is 5.02 Å². The normalized spacial score (nSPS) is 11.9. The number of ether oxygens (including phenoxy) is 3. The van der Waals surface area contributed by atoms with E-state index in [1.54, 1.807) is 57.7 Å². The lowest BCUT2D eigenvalue weighted by molar-refractivity contribution is 0.209. The van der Waals surface area contributed by atoms with Crippen molar-refractivity contribution in [1.29, 1.82) is 0 Å². The topological polar surface area (TPSA) is 47.9 Å². The van der Waals surface area contributed by atoms with Gasteiger partial charge < -0.3 is 19.3 Å². The highest BCUT2D eigenvalue weighted by Gasteiger charge is 2.20. The van der Waals surface area contributed by atoms with E-state index in [2.05, 4.69) is 0 Å². The van der Waals surface area contributed by atoms with E-state index >= 15 is 0 Å². The van der Waals surface area contributed by atoms with Crippen molar-refractivity contribution in [2.24, 2.45) is 0 Å². The molecular formula is C16H17ClO4. The summed E-state index contributed by atoms with van der Waals surface area (Å²) in [5.74, 6) is 1.74. The summed E-state index contributed by atoms with van der Waals surface area (Å²) in [6.45, 7) is 0. The Labute approximate surface area is 128 Å². The molecule has 2 aromatic carbocycles. The maximum absolute atomic E-state index is 10.7. The number of hydrogen-bond acceptors (Lipinski definition) is 4. The number of hydrogen-bond donors (Lipinski definition) is 1. The van der Waals surface area contributed by atoms with Crippen LogP contribution in [-0.4, -0.2) is 26.4 Å². The summed E-state index contributed by atoms with van der Waals surface area (Å²) in [5.41, 5.74) is 1.15. The van der Waals surface area contributed by atoms with E-state index in [1.807, 2.05) is 0 Å². The van der Waals surface area contributed by atoms with E-state index < -0.39 is 6.10 Å². The van der Waals surface area contributed by atoms with Gasteiger partial charge in [-0.15, -0.1) is 0 Å². The van der Waals surface area contributed by atoms with Gasteiger partial charge in [0, 0.05) is 16.1 Å². The number of methoxy groups -OCH3 is 3. The maximum Gasteiger partial charge on any atom is 0.125 e. The minimum absolute atomic E-state index is 0.520. The van der Waals surface area contributed by atoms with Gasteiger partial charge in [-0.25, -0.2) is 0 Å². The molecule has 5 heteroatoms. The molecule has 0 aliphatic heterocycles. The predicted molar refractivity (Wildman–Crippen MR) is 81.6 cm³/mol. The Balaban J connectivity index is 2.53. The molecule has 0 heterocycles. The predicted octanol–water partition coefficient (Wildman–Crippen LogP) is 3.45. The highest BCUT2D eigenvalue weighted by molar-refractivity contribution is 6.30. The fourth-order valence-corrected chi connectivity index (χ4v) is 2.32. The first kappa shape index (κ1) is 15.5. The fourth-order valence-electron chi connectivity index (χ4n) is 2.14. The lowest BCUT2D eigenvalue weighted by Gasteiger charge is -2.18. The second-order valence-corrected chi connectivity index (χ2v) is 4.83. The van der Waals surface area contributed by atoms with Crippen molar-refractivity contribution >= 4 is 11.6 Å². The Morgan fingerprint density at radius 3 is 2.00 bits per heavy atom. The molecule has 0 radical (unpaired) electrons. The molecule has 0 aliphatic carbocycles. The molecule has 0 amide bonds. The molecule has 2 rings (SSSR count). The smallest absolute Gasteiger partial charge is 0.125 e. The maximum atomic E-state index is 10.7. The lowest BCUT2D eigenvalue weighted by Crippen LogP contribution is -2.05. The third-order valence-corrected chi connectivity index (χ3v) is 3.45. The van der Waals surface area contributed by atoms with Crippen LogP contribution in [0, 0.1) is 0 Å². The second-order valence-electron chi connectivity index (χ2n) is 4.40. The first-order valence-electron chi connectivity index (χ1n) is 6.34. The average Bonchev–Trinajstić information content (AvgIpc) is 2.53. The minimum atomic E-state index is -0.941. The van der Waals surface area contributed by atoms with Crippen molar-refractivity contribution in [2.75, 3.05) is 21.3 Å². The molecule has 1 N–H and O–H groups in total. The Morgan fingerprint density at radius 1 is 0.857 bits per heavy atom. The number of rotatable bonds is 5. The van der Waals surface area contributed by atoms with Crippen LogP contribution < -0.4 is 14.2 Å². The zero-order valence-electron chi connectivity index (χ0n) is 12.1. The van der Waals surface area contributed by atoms with E-state index in [1.165, 1.54) is 0 Å². The monoisotopic (exact) mass is 308 g/mol. The summed E-state index contributed by atoms with van der Waals surface area (Å²) in [5, 5.41) is 11.2. The zero-order chi connectivity index (χ0) is 15.4. The van der Waals surface area contributed by atoms with Crippen LogP contribution in [0.1, 0.15) is 17.2 Å². The molecule has 21 heavy (non-hydrogen) atoms. The number of benzene rings is 2. The fraction of sp³-hybridized carbons (Fsp3) is 0.250. The Morgan fingerprint density at radius 2 is 1.43 bits per heavy atom. The molecule has 112 valence electrons. The second kappa shape index (κ2) is 6.70. The highest BCUT2D eigenvalue weighted by Crippen LogP contribution is 2.37. The van der Waals surface area contributed by atoms with Crippen LogP contribution >= 0.6 is 11.6 Å². The molecule has 0 bridgehead atoms. The van der Waals surface area contributed by atoms with E-state index in [-0.39, 0.29) is 0 Å². The molecule has 4 nitrogen and oxygen atoms in total. The van der Waals surface area contributed by atoms with Gasteiger partial charge in [0.2, 0.25) is 0 Å². The van der Waals surface area contributed by atoms with Crippen molar-refractivity contribution < 1.29 is 19.3 Å². The van der Waals surface area contributed by atoms with Crippen molar-refractivity contribution in [3.63, 3.8) is 0 Å². The first-order valence-corrected chi connectivity index (χ1v) is 6.72. The van der Waals surface area contributed by atoms with Gasteiger partial charge in [-0.2, -0.15) is 0 Å². The van der Waals surface area contributed by atoms with Gasteiger partial charge in [-0.3, -0.25) is 0 Å². The number of aliphatic hydroxyl groups excluding tert-OH is 1. The van der Waals surface area contributed by atoms with Crippen molar-refractivity contribution in [3.05, 3.63) is 52.5 Å². The molecule has 0 spiro atoms. The van der Waals surface area contributed by atoms with Gasteiger partial charge in [0.15, 0.2) is 0 Å². The Hall–Kier alpha value is -1.91. The van der Waals surface area contributed by atoms with Crippen LogP contribution in [0.4, 0.5) is 0 Å².